The number of hydroxylamine groups is 1. The molecule has 0 saturated carbocycles. The first-order valence-electron chi connectivity index (χ1n) is 6.04. The van der Waals surface area contributed by atoms with Crippen molar-refractivity contribution in [2.45, 2.75) is 32.1 Å². The third kappa shape index (κ3) is 8.97. The quantitative estimate of drug-likeness (QED) is 0.202. The van der Waals surface area contributed by atoms with E-state index >= 15 is 0 Å². The lowest BCUT2D eigenvalue weighted by Gasteiger charge is -2.13. The number of hydrogen-bond acceptors (Lipinski definition) is 5. The van der Waals surface area contributed by atoms with E-state index in [9.17, 15) is 14.4 Å². The molecule has 19 heavy (non-hydrogen) atoms. The van der Waals surface area contributed by atoms with E-state index in [0.29, 0.717) is 19.4 Å². The molecule has 1 atom stereocenters. The third-order valence-corrected chi connectivity index (χ3v) is 2.48. The van der Waals surface area contributed by atoms with Gasteiger partial charge in [0.15, 0.2) is 0 Å². The molecule has 0 heterocycles. The lowest BCUT2D eigenvalue weighted by atomic mass is 10.00. The van der Waals surface area contributed by atoms with Crippen LogP contribution in [0.2, 0.25) is 0 Å². The van der Waals surface area contributed by atoms with Gasteiger partial charge in [-0.3, -0.25) is 19.6 Å². The van der Waals surface area contributed by atoms with Gasteiger partial charge in [-0.1, -0.05) is 0 Å². The minimum absolute atomic E-state index is 0.0895. The molecule has 0 bridgehead atoms. The number of carboxylic acid groups (broad SMARTS) is 1. The van der Waals surface area contributed by atoms with Crippen LogP contribution in [0.4, 0.5) is 0 Å². The number of unbranched alkanes of at least 4 members (excludes halogenated alkanes) is 2. The summed E-state index contributed by atoms with van der Waals surface area (Å²) in [5.74, 6) is -3.54. The number of aliphatic hydroxyl groups excluding tert-OH is 1. The molecule has 0 saturated heterocycles. The fourth-order valence-electron chi connectivity index (χ4n) is 1.51. The number of carbonyl (C=O) groups excluding carboxylic acids is 2. The van der Waals surface area contributed by atoms with Crippen molar-refractivity contribution in [1.29, 1.82) is 0 Å². The Morgan fingerprint density at radius 3 is 2.26 bits per heavy atom. The van der Waals surface area contributed by atoms with E-state index in [1.165, 1.54) is 5.48 Å². The van der Waals surface area contributed by atoms with E-state index in [4.69, 9.17) is 15.4 Å². The first-order valence-corrected chi connectivity index (χ1v) is 6.04. The van der Waals surface area contributed by atoms with Gasteiger partial charge in [0.1, 0.15) is 0 Å². The maximum Gasteiger partial charge on any atom is 0.304 e. The van der Waals surface area contributed by atoms with Crippen LogP contribution in [0.5, 0.6) is 0 Å². The van der Waals surface area contributed by atoms with Crippen LogP contribution < -0.4 is 10.8 Å². The largest absolute Gasteiger partial charge is 0.481 e. The van der Waals surface area contributed by atoms with Gasteiger partial charge < -0.3 is 15.5 Å². The molecule has 2 amide bonds. The molecule has 5 N–H and O–H groups in total. The summed E-state index contributed by atoms with van der Waals surface area (Å²) in [7, 11) is 0. The zero-order valence-electron chi connectivity index (χ0n) is 10.6. The summed E-state index contributed by atoms with van der Waals surface area (Å²) in [6.45, 7) is 0.446. The second kappa shape index (κ2) is 10.3. The molecule has 0 aromatic rings. The van der Waals surface area contributed by atoms with Gasteiger partial charge in [-0.05, 0) is 19.3 Å². The van der Waals surface area contributed by atoms with Crippen LogP contribution in [0.25, 0.3) is 0 Å². The molecular weight excluding hydrogens is 256 g/mol. The third-order valence-electron chi connectivity index (χ3n) is 2.48. The van der Waals surface area contributed by atoms with Crippen molar-refractivity contribution >= 4 is 17.8 Å². The highest BCUT2D eigenvalue weighted by Crippen LogP contribution is 2.09. The van der Waals surface area contributed by atoms with Gasteiger partial charge in [-0.15, -0.1) is 0 Å². The van der Waals surface area contributed by atoms with Gasteiger partial charge in [0.2, 0.25) is 11.8 Å². The Kier molecular flexibility index (Phi) is 9.37. The number of carbonyl (C=O) groups is 3. The Bertz CT molecular complexity index is 308. The van der Waals surface area contributed by atoms with Crippen molar-refractivity contribution in [2.75, 3.05) is 13.2 Å². The molecule has 0 spiro atoms. The van der Waals surface area contributed by atoms with Crippen LogP contribution in [-0.4, -0.2) is 46.4 Å². The number of nitrogens with one attached hydrogen (secondary N) is 2. The fraction of sp³-hybridized carbons (Fsp3) is 0.727. The zero-order chi connectivity index (χ0) is 14.7. The highest BCUT2D eigenvalue weighted by atomic mass is 16.5. The summed E-state index contributed by atoms with van der Waals surface area (Å²) in [5, 5.41) is 28.1. The van der Waals surface area contributed by atoms with Crippen LogP contribution in [0.3, 0.4) is 0 Å². The van der Waals surface area contributed by atoms with E-state index in [1.54, 1.807) is 0 Å². The summed E-state index contributed by atoms with van der Waals surface area (Å²) >= 11 is 0. The van der Waals surface area contributed by atoms with Crippen molar-refractivity contribution in [3.63, 3.8) is 0 Å². The molecule has 0 aromatic heterocycles. The SMILES string of the molecule is O=C(O)CC(CC(=O)NO)C(=O)NCCCCCO. The molecule has 0 aliphatic carbocycles. The topological polar surface area (TPSA) is 136 Å². The van der Waals surface area contributed by atoms with E-state index < -0.39 is 30.1 Å². The van der Waals surface area contributed by atoms with Crippen molar-refractivity contribution in [3.8, 4) is 0 Å². The van der Waals surface area contributed by atoms with Gasteiger partial charge in [0.25, 0.3) is 0 Å². The Morgan fingerprint density at radius 1 is 1.05 bits per heavy atom. The van der Waals surface area contributed by atoms with Gasteiger partial charge in [-0.2, -0.15) is 0 Å². The average Bonchev–Trinajstić information content (AvgIpc) is 2.36. The van der Waals surface area contributed by atoms with Crippen molar-refractivity contribution in [1.82, 2.24) is 10.8 Å². The molecule has 0 fully saturated rings. The number of aliphatic hydroxyl groups is 1. The second-order valence-electron chi connectivity index (χ2n) is 4.11. The number of hydrogen-bond donors (Lipinski definition) is 5. The molecule has 110 valence electrons. The highest BCUT2D eigenvalue weighted by Gasteiger charge is 2.24. The summed E-state index contributed by atoms with van der Waals surface area (Å²) in [6.07, 6.45) is 1.19. The highest BCUT2D eigenvalue weighted by molar-refractivity contribution is 5.88. The Labute approximate surface area is 110 Å². The molecule has 0 aliphatic rings. The predicted molar refractivity (Wildman–Crippen MR) is 64.2 cm³/mol. The zero-order valence-corrected chi connectivity index (χ0v) is 10.6. The Morgan fingerprint density at radius 2 is 1.74 bits per heavy atom. The fourth-order valence-corrected chi connectivity index (χ4v) is 1.51. The van der Waals surface area contributed by atoms with Crippen molar-refractivity contribution < 1.29 is 29.8 Å². The van der Waals surface area contributed by atoms with E-state index in [-0.39, 0.29) is 13.0 Å². The normalized spacial score (nSPS) is 11.7. The van der Waals surface area contributed by atoms with Crippen molar-refractivity contribution in [2.24, 2.45) is 5.92 Å². The maximum absolute atomic E-state index is 11.7. The van der Waals surface area contributed by atoms with Crippen LogP contribution in [0.15, 0.2) is 0 Å². The minimum atomic E-state index is -1.19. The lowest BCUT2D eigenvalue weighted by Crippen LogP contribution is -2.36. The minimum Gasteiger partial charge on any atom is -0.481 e. The first kappa shape index (κ1) is 17.3. The van der Waals surface area contributed by atoms with Crippen LogP contribution in [-0.2, 0) is 14.4 Å². The van der Waals surface area contributed by atoms with Gasteiger partial charge in [0, 0.05) is 19.6 Å². The second-order valence-corrected chi connectivity index (χ2v) is 4.11. The molecule has 8 nitrogen and oxygen atoms in total. The smallest absolute Gasteiger partial charge is 0.304 e. The van der Waals surface area contributed by atoms with Gasteiger partial charge in [-0.25, -0.2) is 5.48 Å². The lowest BCUT2D eigenvalue weighted by molar-refractivity contribution is -0.142. The van der Waals surface area contributed by atoms with Crippen molar-refractivity contribution in [3.05, 3.63) is 0 Å². The standard InChI is InChI=1S/C11H20N2O6/c14-5-3-1-2-4-12-11(18)8(7-10(16)17)6-9(15)13-19/h8,14,19H,1-7H2,(H,12,18)(H,13,15)(H,16,17). The van der Waals surface area contributed by atoms with Crippen LogP contribution in [0, 0.1) is 5.92 Å². The summed E-state index contributed by atoms with van der Waals surface area (Å²) in [6, 6.07) is 0. The monoisotopic (exact) mass is 276 g/mol. The number of rotatable bonds is 10. The summed E-state index contributed by atoms with van der Waals surface area (Å²) in [4.78, 5) is 33.2. The van der Waals surface area contributed by atoms with E-state index in [1.807, 2.05) is 0 Å². The molecule has 0 radical (unpaired) electrons. The first-order chi connectivity index (χ1) is 9.01. The Balaban J connectivity index is 4.14. The molecule has 1 unspecified atom stereocenters. The van der Waals surface area contributed by atoms with Gasteiger partial charge >= 0.3 is 5.97 Å². The maximum atomic E-state index is 11.7. The predicted octanol–water partition coefficient (Wildman–Crippen LogP) is -0.748. The van der Waals surface area contributed by atoms with E-state index in [2.05, 4.69) is 5.32 Å². The molecule has 0 aliphatic heterocycles. The van der Waals surface area contributed by atoms with Crippen LogP contribution >= 0.6 is 0 Å². The molecule has 8 heteroatoms. The van der Waals surface area contributed by atoms with Crippen LogP contribution in [0.1, 0.15) is 32.1 Å². The molecular formula is C11H20N2O6. The number of carboxylic acids is 1. The molecule has 0 rings (SSSR count). The summed E-state index contributed by atoms with van der Waals surface area (Å²) < 4.78 is 0. The number of amides is 2. The summed E-state index contributed by atoms with van der Waals surface area (Å²) in [5.41, 5.74) is 1.37. The molecule has 0 aromatic carbocycles. The number of aliphatic carboxylic acids is 1. The van der Waals surface area contributed by atoms with E-state index in [0.717, 1.165) is 6.42 Å². The Hall–Kier alpha value is -1.67. The average molecular weight is 276 g/mol. The van der Waals surface area contributed by atoms with Gasteiger partial charge in [0.05, 0.1) is 12.3 Å².